The van der Waals surface area contributed by atoms with E-state index in [0.717, 1.165) is 17.8 Å². The summed E-state index contributed by atoms with van der Waals surface area (Å²) in [6, 6.07) is 9.34. The lowest BCUT2D eigenvalue weighted by molar-refractivity contribution is 0.212. The molecule has 106 valence electrons. The molecule has 1 fully saturated rings. The first-order valence-electron chi connectivity index (χ1n) is 7.51. The molecule has 0 spiro atoms. The molecule has 0 bridgehead atoms. The van der Waals surface area contributed by atoms with E-state index in [0.29, 0.717) is 6.04 Å². The van der Waals surface area contributed by atoms with Gasteiger partial charge in [0.1, 0.15) is 0 Å². The second kappa shape index (κ2) is 6.69. The van der Waals surface area contributed by atoms with Crippen LogP contribution in [0.1, 0.15) is 40.0 Å². The van der Waals surface area contributed by atoms with Gasteiger partial charge in [-0.05, 0) is 49.0 Å². The van der Waals surface area contributed by atoms with Crippen molar-refractivity contribution in [3.63, 3.8) is 0 Å². The Bertz CT molecular complexity index is 402. The maximum atomic E-state index is 3.84. The standard InChI is InChI=1S/C17H27NS/c1-12(2)14-10-9-13(3)11-16(14)18-15-7-5-6-8-17(15)19-4/h5-8,12-14,16,18H,9-11H2,1-4H3. The van der Waals surface area contributed by atoms with Gasteiger partial charge in [0.05, 0.1) is 0 Å². The highest BCUT2D eigenvalue weighted by Crippen LogP contribution is 2.36. The van der Waals surface area contributed by atoms with E-state index in [1.165, 1.54) is 29.8 Å². The van der Waals surface area contributed by atoms with Crippen LogP contribution < -0.4 is 5.32 Å². The maximum absolute atomic E-state index is 3.84. The van der Waals surface area contributed by atoms with Gasteiger partial charge in [-0.2, -0.15) is 0 Å². The van der Waals surface area contributed by atoms with Gasteiger partial charge in [-0.25, -0.2) is 0 Å². The lowest BCUT2D eigenvalue weighted by Gasteiger charge is -2.38. The van der Waals surface area contributed by atoms with Gasteiger partial charge < -0.3 is 5.32 Å². The molecule has 1 N–H and O–H groups in total. The van der Waals surface area contributed by atoms with Gasteiger partial charge in [0, 0.05) is 16.6 Å². The molecule has 19 heavy (non-hydrogen) atoms. The zero-order valence-corrected chi connectivity index (χ0v) is 13.5. The topological polar surface area (TPSA) is 12.0 Å². The molecule has 0 radical (unpaired) electrons. The predicted octanol–water partition coefficient (Wildman–Crippen LogP) is 5.28. The van der Waals surface area contributed by atoms with Crippen molar-refractivity contribution in [1.82, 2.24) is 0 Å². The van der Waals surface area contributed by atoms with Crippen LogP contribution in [-0.2, 0) is 0 Å². The summed E-state index contributed by atoms with van der Waals surface area (Å²) in [5.41, 5.74) is 1.32. The van der Waals surface area contributed by atoms with E-state index in [1.54, 1.807) is 0 Å². The smallest absolute Gasteiger partial charge is 0.0480 e. The van der Waals surface area contributed by atoms with Crippen LogP contribution in [0.3, 0.4) is 0 Å². The number of thioether (sulfide) groups is 1. The molecule has 1 aliphatic rings. The van der Waals surface area contributed by atoms with Gasteiger partial charge in [0.25, 0.3) is 0 Å². The van der Waals surface area contributed by atoms with Crippen molar-refractivity contribution < 1.29 is 0 Å². The lowest BCUT2D eigenvalue weighted by atomic mass is 9.74. The Morgan fingerprint density at radius 1 is 1.21 bits per heavy atom. The average molecular weight is 277 g/mol. The first-order chi connectivity index (χ1) is 9.11. The Labute approximate surface area is 122 Å². The van der Waals surface area contributed by atoms with Crippen LogP contribution in [0.25, 0.3) is 0 Å². The van der Waals surface area contributed by atoms with Gasteiger partial charge >= 0.3 is 0 Å². The van der Waals surface area contributed by atoms with E-state index < -0.39 is 0 Å². The third-order valence-electron chi connectivity index (χ3n) is 4.47. The monoisotopic (exact) mass is 277 g/mol. The molecule has 0 aliphatic heterocycles. The molecule has 3 unspecified atom stereocenters. The molecule has 1 aromatic carbocycles. The van der Waals surface area contributed by atoms with Crippen molar-refractivity contribution >= 4 is 17.4 Å². The SMILES string of the molecule is CSc1ccccc1NC1CC(C)CCC1C(C)C. The summed E-state index contributed by atoms with van der Waals surface area (Å²) >= 11 is 1.83. The summed E-state index contributed by atoms with van der Waals surface area (Å²) in [6.07, 6.45) is 6.23. The number of rotatable bonds is 4. The van der Waals surface area contributed by atoms with Gasteiger partial charge in [-0.1, -0.05) is 39.3 Å². The molecule has 0 heterocycles. The number of hydrogen-bond acceptors (Lipinski definition) is 2. The highest BCUT2D eigenvalue weighted by atomic mass is 32.2. The number of hydrogen-bond donors (Lipinski definition) is 1. The van der Waals surface area contributed by atoms with E-state index in [-0.39, 0.29) is 0 Å². The van der Waals surface area contributed by atoms with Crippen molar-refractivity contribution in [1.29, 1.82) is 0 Å². The highest BCUT2D eigenvalue weighted by molar-refractivity contribution is 7.98. The van der Waals surface area contributed by atoms with E-state index >= 15 is 0 Å². The molecule has 1 aromatic rings. The van der Waals surface area contributed by atoms with Crippen molar-refractivity contribution in [2.45, 2.75) is 51.0 Å². The number of anilines is 1. The molecule has 2 rings (SSSR count). The van der Waals surface area contributed by atoms with E-state index in [4.69, 9.17) is 0 Å². The zero-order valence-electron chi connectivity index (χ0n) is 12.6. The van der Waals surface area contributed by atoms with E-state index in [1.807, 2.05) is 11.8 Å². The minimum Gasteiger partial charge on any atom is -0.381 e. The summed E-state index contributed by atoms with van der Waals surface area (Å²) in [5.74, 6) is 2.44. The zero-order chi connectivity index (χ0) is 13.8. The number of nitrogens with one attached hydrogen (secondary N) is 1. The third kappa shape index (κ3) is 3.68. The molecule has 1 aliphatic carbocycles. The molecule has 1 nitrogen and oxygen atoms in total. The molecule has 0 amide bonds. The highest BCUT2D eigenvalue weighted by Gasteiger charge is 2.30. The molecule has 2 heteroatoms. The Kier molecular flexibility index (Phi) is 5.20. The summed E-state index contributed by atoms with van der Waals surface area (Å²) in [4.78, 5) is 1.36. The maximum Gasteiger partial charge on any atom is 0.0480 e. The van der Waals surface area contributed by atoms with Crippen LogP contribution in [0.15, 0.2) is 29.2 Å². The first-order valence-corrected chi connectivity index (χ1v) is 8.73. The average Bonchev–Trinajstić information content (AvgIpc) is 2.39. The van der Waals surface area contributed by atoms with E-state index in [9.17, 15) is 0 Å². The van der Waals surface area contributed by atoms with Crippen LogP contribution in [0.2, 0.25) is 0 Å². The summed E-state index contributed by atoms with van der Waals surface area (Å²) in [6.45, 7) is 7.14. The fraction of sp³-hybridized carbons (Fsp3) is 0.647. The van der Waals surface area contributed by atoms with Crippen LogP contribution in [-0.4, -0.2) is 12.3 Å². The molecular formula is C17H27NS. The fourth-order valence-corrected chi connectivity index (χ4v) is 3.89. The fourth-order valence-electron chi connectivity index (χ4n) is 3.33. The molecule has 3 atom stereocenters. The molecule has 0 saturated heterocycles. The number of benzene rings is 1. The van der Waals surface area contributed by atoms with Crippen molar-refractivity contribution in [3.8, 4) is 0 Å². The Hall–Kier alpha value is -0.630. The minimum atomic E-state index is 0.636. The van der Waals surface area contributed by atoms with Crippen LogP contribution in [0.4, 0.5) is 5.69 Å². The predicted molar refractivity (Wildman–Crippen MR) is 87.0 cm³/mol. The minimum absolute atomic E-state index is 0.636. The van der Waals surface area contributed by atoms with Crippen molar-refractivity contribution in [3.05, 3.63) is 24.3 Å². The summed E-state index contributed by atoms with van der Waals surface area (Å²) in [5, 5.41) is 3.84. The molecule has 1 saturated carbocycles. The molecule has 0 aromatic heterocycles. The van der Waals surface area contributed by atoms with Crippen molar-refractivity contribution in [2.24, 2.45) is 17.8 Å². The van der Waals surface area contributed by atoms with Gasteiger partial charge in [0.15, 0.2) is 0 Å². The second-order valence-electron chi connectivity index (χ2n) is 6.28. The van der Waals surface area contributed by atoms with Gasteiger partial charge in [-0.3, -0.25) is 0 Å². The largest absolute Gasteiger partial charge is 0.381 e. The molecular weight excluding hydrogens is 250 g/mol. The van der Waals surface area contributed by atoms with E-state index in [2.05, 4.69) is 56.6 Å². The first kappa shape index (κ1) is 14.8. The third-order valence-corrected chi connectivity index (χ3v) is 5.27. The van der Waals surface area contributed by atoms with Crippen LogP contribution >= 0.6 is 11.8 Å². The summed E-state index contributed by atoms with van der Waals surface area (Å²) in [7, 11) is 0. The Balaban J connectivity index is 2.14. The number of para-hydroxylation sites is 1. The lowest BCUT2D eigenvalue weighted by Crippen LogP contribution is -2.37. The van der Waals surface area contributed by atoms with Gasteiger partial charge in [0.2, 0.25) is 0 Å². The van der Waals surface area contributed by atoms with Gasteiger partial charge in [-0.15, -0.1) is 11.8 Å². The second-order valence-corrected chi connectivity index (χ2v) is 7.13. The Morgan fingerprint density at radius 2 is 1.95 bits per heavy atom. The Morgan fingerprint density at radius 3 is 2.63 bits per heavy atom. The van der Waals surface area contributed by atoms with Crippen molar-refractivity contribution in [2.75, 3.05) is 11.6 Å². The van der Waals surface area contributed by atoms with Crippen LogP contribution in [0.5, 0.6) is 0 Å². The quantitative estimate of drug-likeness (QED) is 0.751. The summed E-state index contributed by atoms with van der Waals surface area (Å²) < 4.78 is 0. The normalized spacial score (nSPS) is 27.5. The van der Waals surface area contributed by atoms with Crippen LogP contribution in [0, 0.1) is 17.8 Å².